The average Bonchev–Trinajstić information content (AvgIpc) is 3.80. The van der Waals surface area contributed by atoms with Gasteiger partial charge in [-0.15, -0.1) is 0 Å². The molecule has 308 valence electrons. The van der Waals surface area contributed by atoms with E-state index in [0.29, 0.717) is 13.1 Å². The van der Waals surface area contributed by atoms with Crippen LogP contribution < -0.4 is 0 Å². The van der Waals surface area contributed by atoms with Gasteiger partial charge in [-0.2, -0.15) is 52.7 Å². The van der Waals surface area contributed by atoms with Crippen molar-refractivity contribution in [3.05, 3.63) is 191 Å². The van der Waals surface area contributed by atoms with E-state index in [4.69, 9.17) is 0 Å². The first-order valence-corrected chi connectivity index (χ1v) is 18.1. The van der Waals surface area contributed by atoms with E-state index in [9.17, 15) is 52.7 Å². The number of rotatable bonds is 6. The Hall–Kier alpha value is -6.44. The molecule has 0 fully saturated rings. The maximum atomic E-state index is 13.1. The highest BCUT2D eigenvalue weighted by molar-refractivity contribution is 5.87. The highest BCUT2D eigenvalue weighted by Gasteiger charge is 2.38. The molecule has 60 heavy (non-hydrogen) atoms. The summed E-state index contributed by atoms with van der Waals surface area (Å²) in [6.07, 6.45) is -15.8. The normalized spacial score (nSPS) is 12.5. The fraction of sp³-hybridized carbons (Fsp3) is 0.130. The van der Waals surface area contributed by atoms with Crippen molar-refractivity contribution in [2.24, 2.45) is 0 Å². The summed E-state index contributed by atoms with van der Waals surface area (Å²) in [5.41, 5.74) is -1.15. The van der Waals surface area contributed by atoms with Crippen LogP contribution in [0.1, 0.15) is 33.4 Å². The van der Waals surface area contributed by atoms with Crippen molar-refractivity contribution in [1.29, 1.82) is 0 Å². The number of hydrogen-bond donors (Lipinski definition) is 0. The van der Waals surface area contributed by atoms with Gasteiger partial charge in [0.25, 0.3) is 0 Å². The Morgan fingerprint density at radius 2 is 0.633 bits per heavy atom. The molecule has 0 aliphatic rings. The molecule has 0 aliphatic carbocycles. The van der Waals surface area contributed by atoms with E-state index in [1.807, 2.05) is 82.2 Å². The van der Waals surface area contributed by atoms with E-state index in [1.54, 1.807) is 48.5 Å². The molecular weight excluding hydrogens is 808 g/mol. The number of aromatic nitrogens is 2. The van der Waals surface area contributed by atoms with Crippen LogP contribution in [0.25, 0.3) is 44.1 Å². The van der Waals surface area contributed by atoms with Gasteiger partial charge in [0.05, 0.1) is 22.3 Å². The van der Waals surface area contributed by atoms with Gasteiger partial charge >= 0.3 is 24.7 Å². The summed E-state index contributed by atoms with van der Waals surface area (Å²) >= 11 is 0. The quantitative estimate of drug-likeness (QED) is 0.148. The van der Waals surface area contributed by atoms with E-state index < -0.39 is 47.0 Å². The van der Waals surface area contributed by atoms with E-state index >= 15 is 0 Å². The SMILES string of the molecule is FC(F)(F)c1cc(-c2ccc3c(ccn3Cc3ccccc3)c2)cc(C(F)(F)F)c1.FC(F)(F)c1cc(-c2ccc3c(ccn3Cc3ccccc3)c2)cc(C(F)(F)F)c1. The molecule has 0 saturated heterocycles. The molecule has 0 atom stereocenters. The third-order valence-corrected chi connectivity index (χ3v) is 9.78. The Morgan fingerprint density at radius 3 is 0.933 bits per heavy atom. The van der Waals surface area contributed by atoms with Gasteiger partial charge in [-0.25, -0.2) is 0 Å². The molecule has 8 aromatic rings. The Morgan fingerprint density at radius 1 is 0.317 bits per heavy atom. The molecule has 0 N–H and O–H groups in total. The smallest absolute Gasteiger partial charge is 0.343 e. The summed E-state index contributed by atoms with van der Waals surface area (Å²) in [5.74, 6) is 0. The Bertz CT molecular complexity index is 2500. The lowest BCUT2D eigenvalue weighted by molar-refractivity contribution is -0.144. The third kappa shape index (κ3) is 9.54. The first-order valence-electron chi connectivity index (χ1n) is 18.1. The monoisotopic (exact) mass is 838 g/mol. The minimum atomic E-state index is -4.88. The zero-order chi connectivity index (χ0) is 43.0. The second kappa shape index (κ2) is 16.0. The van der Waals surface area contributed by atoms with Crippen molar-refractivity contribution in [2.75, 3.05) is 0 Å². The predicted molar refractivity (Wildman–Crippen MR) is 206 cm³/mol. The third-order valence-electron chi connectivity index (χ3n) is 9.78. The Labute approximate surface area is 334 Å². The standard InChI is InChI=1S/2C23H15F6N/c2*24-22(25,26)19-11-18(12-20(13-19)23(27,28)29)16-6-7-21-17(10-16)8-9-30(21)14-15-4-2-1-3-5-15/h2*1-13H,14H2. The molecular formula is C46H30F12N2. The van der Waals surface area contributed by atoms with Crippen molar-refractivity contribution in [3.63, 3.8) is 0 Å². The molecule has 0 amide bonds. The highest BCUT2D eigenvalue weighted by Crippen LogP contribution is 2.41. The van der Waals surface area contributed by atoms with Crippen LogP contribution in [-0.4, -0.2) is 9.13 Å². The van der Waals surface area contributed by atoms with Gasteiger partial charge in [0.1, 0.15) is 0 Å². The van der Waals surface area contributed by atoms with Crippen LogP contribution in [0.4, 0.5) is 52.7 Å². The number of halogens is 12. The summed E-state index contributed by atoms with van der Waals surface area (Å²) in [6, 6.07) is 36.0. The van der Waals surface area contributed by atoms with Gasteiger partial charge < -0.3 is 9.13 Å². The molecule has 2 nitrogen and oxygen atoms in total. The van der Waals surface area contributed by atoms with E-state index in [0.717, 1.165) is 57.2 Å². The Balaban J connectivity index is 0.000000181. The van der Waals surface area contributed by atoms with Crippen LogP contribution in [0.3, 0.4) is 0 Å². The fourth-order valence-electron chi connectivity index (χ4n) is 6.84. The lowest BCUT2D eigenvalue weighted by Crippen LogP contribution is -2.11. The van der Waals surface area contributed by atoms with E-state index in [2.05, 4.69) is 0 Å². The van der Waals surface area contributed by atoms with Crippen LogP contribution in [0.2, 0.25) is 0 Å². The van der Waals surface area contributed by atoms with Crippen LogP contribution >= 0.6 is 0 Å². The van der Waals surface area contributed by atoms with Crippen molar-refractivity contribution < 1.29 is 52.7 Å². The van der Waals surface area contributed by atoms with Gasteiger partial charge in [0.2, 0.25) is 0 Å². The molecule has 2 heterocycles. The minimum absolute atomic E-state index is 0.130. The summed E-state index contributed by atoms with van der Waals surface area (Å²) < 4.78 is 162. The largest absolute Gasteiger partial charge is 0.416 e. The molecule has 0 spiro atoms. The van der Waals surface area contributed by atoms with Crippen molar-refractivity contribution >= 4 is 21.8 Å². The van der Waals surface area contributed by atoms with E-state index in [1.165, 1.54) is 0 Å². The van der Waals surface area contributed by atoms with Crippen molar-refractivity contribution in [3.8, 4) is 22.3 Å². The molecule has 0 saturated carbocycles. The average molecular weight is 839 g/mol. The first-order chi connectivity index (χ1) is 28.2. The van der Waals surface area contributed by atoms with E-state index in [-0.39, 0.29) is 34.4 Å². The Kier molecular flexibility index (Phi) is 11.1. The molecule has 2 aromatic heterocycles. The van der Waals surface area contributed by atoms with Gasteiger partial charge in [-0.05, 0) is 106 Å². The van der Waals surface area contributed by atoms with Crippen molar-refractivity contribution in [2.45, 2.75) is 37.8 Å². The van der Waals surface area contributed by atoms with Gasteiger partial charge in [-0.1, -0.05) is 72.8 Å². The second-order valence-electron chi connectivity index (χ2n) is 14.0. The number of alkyl halides is 12. The molecule has 14 heteroatoms. The number of hydrogen-bond acceptors (Lipinski definition) is 0. The van der Waals surface area contributed by atoms with Crippen LogP contribution in [0.15, 0.2) is 158 Å². The summed E-state index contributed by atoms with van der Waals surface area (Å²) in [4.78, 5) is 0. The molecule has 0 bridgehead atoms. The zero-order valence-corrected chi connectivity index (χ0v) is 30.9. The predicted octanol–water partition coefficient (Wildman–Crippen LogP) is 14.8. The van der Waals surface area contributed by atoms with Gasteiger partial charge in [-0.3, -0.25) is 0 Å². The van der Waals surface area contributed by atoms with Crippen LogP contribution in [0.5, 0.6) is 0 Å². The van der Waals surface area contributed by atoms with Crippen molar-refractivity contribution in [1.82, 2.24) is 9.13 Å². The highest BCUT2D eigenvalue weighted by atomic mass is 19.4. The number of nitrogens with zero attached hydrogens (tertiary/aromatic N) is 2. The fourth-order valence-corrected chi connectivity index (χ4v) is 6.84. The van der Waals surface area contributed by atoms with Crippen LogP contribution in [-0.2, 0) is 37.8 Å². The second-order valence-corrected chi connectivity index (χ2v) is 14.0. The lowest BCUT2D eigenvalue weighted by Gasteiger charge is -2.14. The maximum Gasteiger partial charge on any atom is 0.416 e. The van der Waals surface area contributed by atoms with Crippen LogP contribution in [0, 0.1) is 0 Å². The van der Waals surface area contributed by atoms with Gasteiger partial charge in [0.15, 0.2) is 0 Å². The zero-order valence-electron chi connectivity index (χ0n) is 30.9. The molecule has 0 radical (unpaired) electrons. The lowest BCUT2D eigenvalue weighted by atomic mass is 9.98. The molecule has 8 rings (SSSR count). The summed E-state index contributed by atoms with van der Waals surface area (Å²) in [6.45, 7) is 1.21. The number of fused-ring (bicyclic) bond motifs is 2. The van der Waals surface area contributed by atoms with Gasteiger partial charge in [0, 0.05) is 47.3 Å². The molecule has 0 aliphatic heterocycles. The topological polar surface area (TPSA) is 9.86 Å². The molecule has 6 aromatic carbocycles. The number of benzene rings is 6. The maximum absolute atomic E-state index is 13.1. The minimum Gasteiger partial charge on any atom is -0.343 e. The summed E-state index contributed by atoms with van der Waals surface area (Å²) in [5, 5.41) is 1.46. The first kappa shape index (κ1) is 41.7. The molecule has 0 unspecified atom stereocenters. The summed E-state index contributed by atoms with van der Waals surface area (Å²) in [7, 11) is 0.